The molecule has 2 fully saturated rings. The number of carbonyl (C=O) groups excluding carboxylic acids is 1. The lowest BCUT2D eigenvalue weighted by atomic mass is 9.88. The Morgan fingerprint density at radius 3 is 2.54 bits per heavy atom. The number of hydrogen-bond acceptors (Lipinski definition) is 2. The minimum absolute atomic E-state index is 0.102. The number of nitrogens with zero attached hydrogens (tertiary/aromatic N) is 2. The average molecular weight is 178 g/mol. The van der Waals surface area contributed by atoms with Gasteiger partial charge in [0.2, 0.25) is 5.91 Å². The van der Waals surface area contributed by atoms with Gasteiger partial charge in [-0.3, -0.25) is 4.79 Å². The number of nitriles is 1. The van der Waals surface area contributed by atoms with Gasteiger partial charge in [0.15, 0.2) is 0 Å². The Balaban J connectivity index is 1.87. The second kappa shape index (κ2) is 3.37. The highest BCUT2D eigenvalue weighted by atomic mass is 16.2. The molecule has 70 valence electrons. The van der Waals surface area contributed by atoms with E-state index in [2.05, 4.69) is 6.07 Å². The quantitative estimate of drug-likeness (QED) is 0.568. The van der Waals surface area contributed by atoms with E-state index in [0.717, 1.165) is 12.8 Å². The summed E-state index contributed by atoms with van der Waals surface area (Å²) in [6.07, 6.45) is 5.70. The lowest BCUT2D eigenvalue weighted by Gasteiger charge is -2.20. The van der Waals surface area contributed by atoms with Crippen molar-refractivity contribution in [3.05, 3.63) is 0 Å². The molecule has 0 radical (unpaired) electrons. The van der Waals surface area contributed by atoms with E-state index < -0.39 is 0 Å². The van der Waals surface area contributed by atoms with Crippen molar-refractivity contribution >= 4 is 5.91 Å². The Hall–Kier alpha value is -1.04. The molecule has 1 amide bonds. The van der Waals surface area contributed by atoms with Crippen LogP contribution in [0.1, 0.15) is 32.1 Å². The van der Waals surface area contributed by atoms with Gasteiger partial charge >= 0.3 is 0 Å². The van der Waals surface area contributed by atoms with Crippen LogP contribution in [0.4, 0.5) is 0 Å². The Labute approximate surface area is 78.3 Å². The smallest absolute Gasteiger partial charge is 0.226 e. The molecular weight excluding hydrogens is 164 g/mol. The molecule has 3 heteroatoms. The first-order chi connectivity index (χ1) is 6.33. The predicted molar refractivity (Wildman–Crippen MR) is 47.7 cm³/mol. The topological polar surface area (TPSA) is 43.9 Å². The first-order valence-corrected chi connectivity index (χ1v) is 5.03. The molecule has 1 aliphatic carbocycles. The molecule has 3 nitrogen and oxygen atoms in total. The fourth-order valence-corrected chi connectivity index (χ4v) is 2.08. The third-order valence-corrected chi connectivity index (χ3v) is 3.00. The van der Waals surface area contributed by atoms with Crippen molar-refractivity contribution < 1.29 is 4.79 Å². The molecule has 0 aromatic rings. The van der Waals surface area contributed by atoms with Gasteiger partial charge in [-0.25, -0.2) is 0 Å². The van der Waals surface area contributed by atoms with Gasteiger partial charge in [-0.2, -0.15) is 5.26 Å². The van der Waals surface area contributed by atoms with Crippen LogP contribution < -0.4 is 0 Å². The first-order valence-electron chi connectivity index (χ1n) is 5.03. The summed E-state index contributed by atoms with van der Waals surface area (Å²) in [6.45, 7) is 0.672. The van der Waals surface area contributed by atoms with Crippen molar-refractivity contribution in [1.29, 1.82) is 5.26 Å². The van der Waals surface area contributed by atoms with Crippen LogP contribution in [0.15, 0.2) is 0 Å². The highest BCUT2D eigenvalue weighted by molar-refractivity contribution is 5.82. The minimum atomic E-state index is -0.102. The summed E-state index contributed by atoms with van der Waals surface area (Å²) in [7, 11) is 0. The lowest BCUT2D eigenvalue weighted by Crippen LogP contribution is -2.25. The van der Waals surface area contributed by atoms with Gasteiger partial charge in [0.25, 0.3) is 0 Å². The number of amides is 1. The van der Waals surface area contributed by atoms with E-state index in [1.165, 1.54) is 19.3 Å². The molecule has 1 aliphatic heterocycles. The minimum Gasteiger partial charge on any atom is -0.321 e. The number of carbonyl (C=O) groups is 1. The molecule has 2 aliphatic rings. The summed E-state index contributed by atoms with van der Waals surface area (Å²) in [5.41, 5.74) is 0. The second-order valence-electron chi connectivity index (χ2n) is 3.97. The van der Waals surface area contributed by atoms with Crippen LogP contribution in [-0.2, 0) is 4.79 Å². The molecule has 1 saturated heterocycles. The van der Waals surface area contributed by atoms with Gasteiger partial charge in [0.05, 0.1) is 12.6 Å². The molecule has 0 N–H and O–H groups in total. The van der Waals surface area contributed by atoms with Crippen LogP contribution in [0.2, 0.25) is 0 Å². The number of rotatable bonds is 1. The summed E-state index contributed by atoms with van der Waals surface area (Å²) in [5, 5.41) is 8.58. The molecule has 1 heterocycles. The maximum Gasteiger partial charge on any atom is 0.226 e. The maximum absolute atomic E-state index is 11.7. The molecule has 0 aromatic heterocycles. The van der Waals surface area contributed by atoms with E-state index in [-0.39, 0.29) is 17.9 Å². The van der Waals surface area contributed by atoms with Crippen LogP contribution in [0.5, 0.6) is 0 Å². The van der Waals surface area contributed by atoms with E-state index in [1.807, 2.05) is 0 Å². The van der Waals surface area contributed by atoms with Crippen molar-refractivity contribution in [2.24, 2.45) is 5.92 Å². The van der Waals surface area contributed by atoms with Crippen LogP contribution in [0.3, 0.4) is 0 Å². The molecule has 2 rings (SSSR count). The maximum atomic E-state index is 11.7. The summed E-state index contributed by atoms with van der Waals surface area (Å²) in [4.78, 5) is 13.4. The van der Waals surface area contributed by atoms with Crippen LogP contribution in [0, 0.1) is 17.2 Å². The third kappa shape index (κ3) is 1.67. The van der Waals surface area contributed by atoms with Crippen molar-refractivity contribution in [2.75, 3.05) is 6.54 Å². The van der Waals surface area contributed by atoms with Crippen LogP contribution >= 0.6 is 0 Å². The second-order valence-corrected chi connectivity index (χ2v) is 3.97. The van der Waals surface area contributed by atoms with Gasteiger partial charge in [-0.1, -0.05) is 19.3 Å². The van der Waals surface area contributed by atoms with Crippen molar-refractivity contribution in [3.8, 4) is 6.07 Å². The zero-order valence-electron chi connectivity index (χ0n) is 7.70. The SMILES string of the molecule is N#CC1CN1C(=O)C1CCCCC1. The molecule has 0 spiro atoms. The van der Waals surface area contributed by atoms with Gasteiger partial charge in [-0.05, 0) is 12.8 Å². The fraction of sp³-hybridized carbons (Fsp3) is 0.800. The summed E-state index contributed by atoms with van der Waals surface area (Å²) >= 11 is 0. The fourth-order valence-electron chi connectivity index (χ4n) is 2.08. The van der Waals surface area contributed by atoms with Crippen LogP contribution in [-0.4, -0.2) is 23.4 Å². The third-order valence-electron chi connectivity index (χ3n) is 3.00. The zero-order chi connectivity index (χ0) is 9.26. The Morgan fingerprint density at radius 1 is 1.31 bits per heavy atom. The first kappa shape index (κ1) is 8.55. The highest BCUT2D eigenvalue weighted by Gasteiger charge is 2.41. The van der Waals surface area contributed by atoms with Crippen molar-refractivity contribution in [1.82, 2.24) is 4.90 Å². The van der Waals surface area contributed by atoms with Gasteiger partial charge in [0.1, 0.15) is 6.04 Å². The van der Waals surface area contributed by atoms with E-state index in [1.54, 1.807) is 4.90 Å². The zero-order valence-corrected chi connectivity index (χ0v) is 7.70. The molecule has 1 atom stereocenters. The number of hydrogen-bond donors (Lipinski definition) is 0. The van der Waals surface area contributed by atoms with Crippen LogP contribution in [0.25, 0.3) is 0 Å². The van der Waals surface area contributed by atoms with E-state index in [0.29, 0.717) is 6.54 Å². The molecule has 1 saturated carbocycles. The van der Waals surface area contributed by atoms with Gasteiger partial charge < -0.3 is 4.90 Å². The monoisotopic (exact) mass is 178 g/mol. The molecule has 13 heavy (non-hydrogen) atoms. The van der Waals surface area contributed by atoms with E-state index >= 15 is 0 Å². The molecule has 0 bridgehead atoms. The summed E-state index contributed by atoms with van der Waals surface area (Å²) in [5.74, 6) is 0.457. The van der Waals surface area contributed by atoms with Crippen molar-refractivity contribution in [3.63, 3.8) is 0 Å². The molecule has 1 unspecified atom stereocenters. The van der Waals surface area contributed by atoms with Crippen molar-refractivity contribution in [2.45, 2.75) is 38.1 Å². The Morgan fingerprint density at radius 2 is 2.00 bits per heavy atom. The summed E-state index contributed by atoms with van der Waals surface area (Å²) < 4.78 is 0. The lowest BCUT2D eigenvalue weighted by molar-refractivity contribution is -0.131. The molecule has 0 aromatic carbocycles. The Bertz CT molecular complexity index is 250. The van der Waals surface area contributed by atoms with E-state index in [9.17, 15) is 4.79 Å². The predicted octanol–water partition coefficient (Wildman–Crippen LogP) is 1.30. The average Bonchev–Trinajstić information content (AvgIpc) is 2.97. The standard InChI is InChI=1S/C10H14N2O/c11-6-9-7-12(9)10(13)8-4-2-1-3-5-8/h8-9H,1-5,7H2. The largest absolute Gasteiger partial charge is 0.321 e. The molecular formula is C10H14N2O. The summed E-state index contributed by atoms with van der Waals surface area (Å²) in [6, 6.07) is 2.01. The normalized spacial score (nSPS) is 28.2. The van der Waals surface area contributed by atoms with Gasteiger partial charge in [0, 0.05) is 5.92 Å². The Kier molecular flexibility index (Phi) is 2.22. The van der Waals surface area contributed by atoms with Gasteiger partial charge in [-0.15, -0.1) is 0 Å². The van der Waals surface area contributed by atoms with E-state index in [4.69, 9.17) is 5.26 Å². The highest BCUT2D eigenvalue weighted by Crippen LogP contribution is 2.29.